The second kappa shape index (κ2) is 9.01. The number of carboxylic acids is 1. The van der Waals surface area contributed by atoms with Crippen molar-refractivity contribution in [2.45, 2.75) is 26.0 Å². The highest BCUT2D eigenvalue weighted by Gasteiger charge is 2.17. The van der Waals surface area contributed by atoms with Crippen molar-refractivity contribution in [3.8, 4) is 5.75 Å². The Morgan fingerprint density at radius 2 is 1.53 bits per heavy atom. The van der Waals surface area contributed by atoms with E-state index in [1.165, 1.54) is 21.8 Å². The number of rotatable bonds is 9. The fourth-order valence-electron chi connectivity index (χ4n) is 3.85. The molecule has 5 nitrogen and oxygen atoms in total. The molecule has 1 heterocycles. The Morgan fingerprint density at radius 3 is 2.10 bits per heavy atom. The number of aliphatic carboxylic acids is 1. The SMILES string of the molecule is CCOC(Cc1ccc(OCCn2c3ccccc3c3ccccc32)cc1)C(=O)O. The standard InChI is InChI=1S/C25H25NO4/c1-2-29-24(25(27)28)17-18-11-13-19(14-12-18)30-16-15-26-22-9-5-3-7-20(22)21-8-4-6-10-23(21)26/h3-14,24H,2,15-17H2,1H3,(H,27,28). The molecule has 0 bridgehead atoms. The molecule has 0 saturated heterocycles. The van der Waals surface area contributed by atoms with Gasteiger partial charge in [0.05, 0.1) is 6.54 Å². The average molecular weight is 403 g/mol. The molecule has 4 rings (SSSR count). The molecule has 0 saturated carbocycles. The van der Waals surface area contributed by atoms with E-state index >= 15 is 0 Å². The first kappa shape index (κ1) is 20.0. The maximum atomic E-state index is 11.2. The summed E-state index contributed by atoms with van der Waals surface area (Å²) in [6.07, 6.45) is -0.484. The van der Waals surface area contributed by atoms with Gasteiger partial charge in [-0.1, -0.05) is 48.5 Å². The first-order chi connectivity index (χ1) is 14.7. The predicted octanol–water partition coefficient (Wildman–Crippen LogP) is 4.91. The summed E-state index contributed by atoms with van der Waals surface area (Å²) in [6, 6.07) is 24.4. The Hall–Kier alpha value is -3.31. The Kier molecular flexibility index (Phi) is 6.00. The third kappa shape index (κ3) is 4.16. The number of hydrogen-bond donors (Lipinski definition) is 1. The summed E-state index contributed by atoms with van der Waals surface area (Å²) in [6.45, 7) is 3.45. The number of benzene rings is 3. The van der Waals surface area contributed by atoms with E-state index in [-0.39, 0.29) is 0 Å². The lowest BCUT2D eigenvalue weighted by atomic mass is 10.1. The van der Waals surface area contributed by atoms with Crippen molar-refractivity contribution < 1.29 is 19.4 Å². The lowest BCUT2D eigenvalue weighted by Crippen LogP contribution is -2.26. The van der Waals surface area contributed by atoms with Crippen LogP contribution in [0.3, 0.4) is 0 Å². The first-order valence-electron chi connectivity index (χ1n) is 10.2. The molecule has 0 amide bonds. The van der Waals surface area contributed by atoms with Crippen molar-refractivity contribution in [3.05, 3.63) is 78.4 Å². The zero-order valence-electron chi connectivity index (χ0n) is 17.0. The van der Waals surface area contributed by atoms with Gasteiger partial charge in [0.25, 0.3) is 0 Å². The summed E-state index contributed by atoms with van der Waals surface area (Å²) in [4.78, 5) is 11.2. The summed E-state index contributed by atoms with van der Waals surface area (Å²) >= 11 is 0. The topological polar surface area (TPSA) is 60.7 Å². The minimum Gasteiger partial charge on any atom is -0.492 e. The summed E-state index contributed by atoms with van der Waals surface area (Å²) < 4.78 is 13.5. The van der Waals surface area contributed by atoms with E-state index in [9.17, 15) is 9.90 Å². The molecule has 0 spiro atoms. The molecule has 0 aliphatic rings. The fourth-order valence-corrected chi connectivity index (χ4v) is 3.85. The highest BCUT2D eigenvalue weighted by atomic mass is 16.5. The largest absolute Gasteiger partial charge is 0.492 e. The van der Waals surface area contributed by atoms with Crippen LogP contribution >= 0.6 is 0 Å². The maximum absolute atomic E-state index is 11.2. The number of ether oxygens (including phenoxy) is 2. The normalized spacial score (nSPS) is 12.3. The molecule has 4 aromatic rings. The molecule has 3 aromatic carbocycles. The first-order valence-corrected chi connectivity index (χ1v) is 10.2. The molecule has 154 valence electrons. The van der Waals surface area contributed by atoms with Crippen LogP contribution in [0.5, 0.6) is 5.75 Å². The van der Waals surface area contributed by atoms with Crippen LogP contribution in [0.2, 0.25) is 0 Å². The second-order valence-corrected chi connectivity index (χ2v) is 7.16. The van der Waals surface area contributed by atoms with Crippen LogP contribution in [-0.4, -0.2) is 35.0 Å². The smallest absolute Gasteiger partial charge is 0.333 e. The zero-order valence-corrected chi connectivity index (χ0v) is 17.0. The van der Waals surface area contributed by atoms with Crippen molar-refractivity contribution in [2.24, 2.45) is 0 Å². The molecule has 1 N–H and O–H groups in total. The van der Waals surface area contributed by atoms with Crippen molar-refractivity contribution in [2.75, 3.05) is 13.2 Å². The van der Waals surface area contributed by atoms with E-state index < -0.39 is 12.1 Å². The second-order valence-electron chi connectivity index (χ2n) is 7.16. The molecule has 0 radical (unpaired) electrons. The van der Waals surface area contributed by atoms with Crippen LogP contribution < -0.4 is 4.74 Å². The van der Waals surface area contributed by atoms with E-state index in [0.29, 0.717) is 19.6 Å². The maximum Gasteiger partial charge on any atom is 0.333 e. The average Bonchev–Trinajstić information content (AvgIpc) is 3.09. The van der Waals surface area contributed by atoms with Crippen molar-refractivity contribution in [1.82, 2.24) is 4.57 Å². The lowest BCUT2D eigenvalue weighted by molar-refractivity contribution is -0.149. The quantitative estimate of drug-likeness (QED) is 0.432. The van der Waals surface area contributed by atoms with E-state index in [2.05, 4.69) is 53.1 Å². The number of aromatic nitrogens is 1. The molecule has 0 aliphatic carbocycles. The van der Waals surface area contributed by atoms with Gasteiger partial charge in [0.2, 0.25) is 0 Å². The number of hydrogen-bond acceptors (Lipinski definition) is 3. The zero-order chi connectivity index (χ0) is 20.9. The summed E-state index contributed by atoms with van der Waals surface area (Å²) in [5.74, 6) is -0.175. The van der Waals surface area contributed by atoms with Gasteiger partial charge in [-0.3, -0.25) is 0 Å². The van der Waals surface area contributed by atoms with Gasteiger partial charge < -0.3 is 19.1 Å². The van der Waals surface area contributed by atoms with E-state index in [4.69, 9.17) is 9.47 Å². The Balaban J connectivity index is 1.43. The van der Waals surface area contributed by atoms with Crippen molar-refractivity contribution in [3.63, 3.8) is 0 Å². The van der Waals surface area contributed by atoms with Crippen LogP contribution in [0.1, 0.15) is 12.5 Å². The van der Waals surface area contributed by atoms with E-state index in [0.717, 1.165) is 17.9 Å². The van der Waals surface area contributed by atoms with Crippen LogP contribution in [0.15, 0.2) is 72.8 Å². The minimum absolute atomic E-state index is 0.338. The monoisotopic (exact) mass is 403 g/mol. The van der Waals surface area contributed by atoms with Gasteiger partial charge in [0, 0.05) is 34.8 Å². The van der Waals surface area contributed by atoms with Crippen LogP contribution in [-0.2, 0) is 22.5 Å². The summed E-state index contributed by atoms with van der Waals surface area (Å²) in [7, 11) is 0. The Labute approximate surface area is 175 Å². The number of nitrogens with zero attached hydrogens (tertiary/aromatic N) is 1. The highest BCUT2D eigenvalue weighted by molar-refractivity contribution is 6.07. The number of carbonyl (C=O) groups is 1. The molecule has 30 heavy (non-hydrogen) atoms. The fraction of sp³-hybridized carbons (Fsp3) is 0.240. The number of fused-ring (bicyclic) bond motifs is 3. The van der Waals surface area contributed by atoms with Gasteiger partial charge in [0.1, 0.15) is 12.4 Å². The van der Waals surface area contributed by atoms with Crippen LogP contribution in [0.25, 0.3) is 21.8 Å². The number of para-hydroxylation sites is 2. The lowest BCUT2D eigenvalue weighted by Gasteiger charge is -2.13. The van der Waals surface area contributed by atoms with Gasteiger partial charge in [-0.2, -0.15) is 0 Å². The van der Waals surface area contributed by atoms with Gasteiger partial charge in [-0.15, -0.1) is 0 Å². The molecular weight excluding hydrogens is 378 g/mol. The third-order valence-electron chi connectivity index (χ3n) is 5.25. The third-order valence-corrected chi connectivity index (χ3v) is 5.25. The minimum atomic E-state index is -0.941. The molecule has 1 atom stereocenters. The molecule has 5 heteroatoms. The van der Waals surface area contributed by atoms with Crippen molar-refractivity contribution in [1.29, 1.82) is 0 Å². The Morgan fingerprint density at radius 1 is 0.933 bits per heavy atom. The highest BCUT2D eigenvalue weighted by Crippen LogP contribution is 2.28. The molecular formula is C25H25NO4. The van der Waals surface area contributed by atoms with Gasteiger partial charge in [0.15, 0.2) is 6.10 Å². The van der Waals surface area contributed by atoms with Gasteiger partial charge in [-0.05, 0) is 36.8 Å². The predicted molar refractivity (Wildman–Crippen MR) is 118 cm³/mol. The summed E-state index contributed by atoms with van der Waals surface area (Å²) in [5.41, 5.74) is 3.31. The van der Waals surface area contributed by atoms with Gasteiger partial charge >= 0.3 is 5.97 Å². The Bertz CT molecular complexity index is 1090. The molecule has 1 unspecified atom stereocenters. The van der Waals surface area contributed by atoms with E-state index in [1.54, 1.807) is 6.92 Å². The van der Waals surface area contributed by atoms with E-state index in [1.807, 2.05) is 24.3 Å². The molecule has 0 fully saturated rings. The van der Waals surface area contributed by atoms with Crippen molar-refractivity contribution >= 4 is 27.8 Å². The van der Waals surface area contributed by atoms with Crippen LogP contribution in [0.4, 0.5) is 0 Å². The molecule has 0 aliphatic heterocycles. The van der Waals surface area contributed by atoms with Crippen LogP contribution in [0, 0.1) is 0 Å². The number of carboxylic acid groups (broad SMARTS) is 1. The summed E-state index contributed by atoms with van der Waals surface area (Å²) in [5, 5.41) is 11.7. The molecule has 1 aromatic heterocycles. The van der Waals surface area contributed by atoms with Gasteiger partial charge in [-0.25, -0.2) is 4.79 Å².